The van der Waals surface area contributed by atoms with Crippen LogP contribution in [0, 0.1) is 10.1 Å². The van der Waals surface area contributed by atoms with Crippen LogP contribution in [0.5, 0.6) is 0 Å². The van der Waals surface area contributed by atoms with Crippen molar-refractivity contribution in [3.63, 3.8) is 0 Å². The lowest BCUT2D eigenvalue weighted by atomic mass is 10.1. The Morgan fingerprint density at radius 1 is 1.03 bits per heavy atom. The quantitative estimate of drug-likeness (QED) is 0.552. The number of carbonyl (C=O) groups is 1. The van der Waals surface area contributed by atoms with Crippen molar-refractivity contribution in [2.24, 2.45) is 0 Å². The van der Waals surface area contributed by atoms with E-state index in [9.17, 15) is 14.9 Å². The maximum Gasteiger partial charge on any atom is 0.293 e. The van der Waals surface area contributed by atoms with Crippen molar-refractivity contribution in [1.29, 1.82) is 0 Å². The predicted molar refractivity (Wildman–Crippen MR) is 119 cm³/mol. The number of amides is 1. The maximum atomic E-state index is 12.6. The summed E-state index contributed by atoms with van der Waals surface area (Å²) >= 11 is 0. The van der Waals surface area contributed by atoms with Crippen molar-refractivity contribution >= 4 is 17.3 Å². The fourth-order valence-corrected chi connectivity index (χ4v) is 3.80. The van der Waals surface area contributed by atoms with Gasteiger partial charge in [0.2, 0.25) is 0 Å². The average molecular weight is 411 g/mol. The van der Waals surface area contributed by atoms with Gasteiger partial charge in [-0.15, -0.1) is 0 Å². The summed E-state index contributed by atoms with van der Waals surface area (Å²) in [5.74, 6) is -0.308. The molecule has 0 aliphatic carbocycles. The summed E-state index contributed by atoms with van der Waals surface area (Å²) in [6.45, 7) is 2.87. The van der Waals surface area contributed by atoms with Crippen LogP contribution in [0.25, 0.3) is 0 Å². The molecule has 1 amide bonds. The highest BCUT2D eigenvalue weighted by Crippen LogP contribution is 2.31. The third kappa shape index (κ3) is 5.79. The van der Waals surface area contributed by atoms with E-state index >= 15 is 0 Å². The highest BCUT2D eigenvalue weighted by molar-refractivity contribution is 5.95. The van der Waals surface area contributed by atoms with E-state index < -0.39 is 0 Å². The number of hydrogen-bond donors (Lipinski definition) is 1. The molecule has 1 fully saturated rings. The fourth-order valence-electron chi connectivity index (χ4n) is 3.80. The van der Waals surface area contributed by atoms with E-state index in [2.05, 4.69) is 15.1 Å². The van der Waals surface area contributed by atoms with Crippen molar-refractivity contribution < 1.29 is 9.72 Å². The average Bonchev–Trinajstić information content (AvgIpc) is 3.01. The number of rotatable bonds is 7. The van der Waals surface area contributed by atoms with Gasteiger partial charge in [-0.3, -0.25) is 14.9 Å². The second-order valence-corrected chi connectivity index (χ2v) is 8.10. The molecule has 0 aromatic heterocycles. The monoisotopic (exact) mass is 410 g/mol. The van der Waals surface area contributed by atoms with Crippen LogP contribution in [0.1, 0.15) is 47.2 Å². The van der Waals surface area contributed by atoms with Gasteiger partial charge in [0.25, 0.3) is 11.6 Å². The first-order valence-corrected chi connectivity index (χ1v) is 10.5. The van der Waals surface area contributed by atoms with Gasteiger partial charge >= 0.3 is 0 Å². The van der Waals surface area contributed by atoms with Gasteiger partial charge in [-0.1, -0.05) is 37.1 Å². The SMILES string of the molecule is CN(C)Cc1ccc(CNC(=O)c2ccc(N3CCCCCC3)c([N+](=O)[O-])c2)cc1. The molecule has 0 spiro atoms. The van der Waals surface area contributed by atoms with Crippen LogP contribution in [0.2, 0.25) is 0 Å². The standard InChI is InChI=1S/C23H30N4O3/c1-25(2)17-19-9-7-18(8-10-19)16-24-23(28)20-11-12-21(22(15-20)27(29)30)26-13-5-3-4-6-14-26/h7-12,15H,3-6,13-14,16-17H2,1-2H3,(H,24,28). The Morgan fingerprint density at radius 2 is 1.67 bits per heavy atom. The van der Waals surface area contributed by atoms with Gasteiger partial charge in [0.05, 0.1) is 4.92 Å². The van der Waals surface area contributed by atoms with Crippen LogP contribution in [0.3, 0.4) is 0 Å². The Labute approximate surface area is 177 Å². The number of nitro benzene ring substituents is 1. The largest absolute Gasteiger partial charge is 0.366 e. The van der Waals surface area contributed by atoms with E-state index in [1.807, 2.05) is 38.4 Å². The fraction of sp³-hybridized carbons (Fsp3) is 0.435. The first-order chi connectivity index (χ1) is 14.4. The number of hydrogen-bond acceptors (Lipinski definition) is 5. The van der Waals surface area contributed by atoms with Gasteiger partial charge in [0.1, 0.15) is 5.69 Å². The van der Waals surface area contributed by atoms with Gasteiger partial charge in [0, 0.05) is 37.8 Å². The molecule has 160 valence electrons. The third-order valence-corrected chi connectivity index (χ3v) is 5.36. The van der Waals surface area contributed by atoms with Crippen molar-refractivity contribution in [1.82, 2.24) is 10.2 Å². The summed E-state index contributed by atoms with van der Waals surface area (Å²) < 4.78 is 0. The van der Waals surface area contributed by atoms with E-state index in [-0.39, 0.29) is 16.5 Å². The number of anilines is 1. The number of nitrogens with zero attached hydrogens (tertiary/aromatic N) is 3. The molecule has 1 N–H and O–H groups in total. The lowest BCUT2D eigenvalue weighted by Gasteiger charge is -2.22. The van der Waals surface area contributed by atoms with Crippen molar-refractivity contribution in [2.75, 3.05) is 32.1 Å². The van der Waals surface area contributed by atoms with Crippen LogP contribution in [0.4, 0.5) is 11.4 Å². The summed E-state index contributed by atoms with van der Waals surface area (Å²) in [5, 5.41) is 14.5. The zero-order valence-electron chi connectivity index (χ0n) is 17.8. The lowest BCUT2D eigenvalue weighted by molar-refractivity contribution is -0.384. The van der Waals surface area contributed by atoms with E-state index in [1.54, 1.807) is 12.1 Å². The Morgan fingerprint density at radius 3 is 2.27 bits per heavy atom. The molecule has 2 aromatic carbocycles. The van der Waals surface area contributed by atoms with Crippen LogP contribution < -0.4 is 10.2 Å². The smallest absolute Gasteiger partial charge is 0.293 e. The molecule has 1 saturated heterocycles. The van der Waals surface area contributed by atoms with E-state index in [0.717, 1.165) is 50.9 Å². The highest BCUT2D eigenvalue weighted by atomic mass is 16.6. The number of nitrogens with one attached hydrogen (secondary N) is 1. The van der Waals surface area contributed by atoms with Gasteiger partial charge in [-0.25, -0.2) is 0 Å². The van der Waals surface area contributed by atoms with Crippen LogP contribution >= 0.6 is 0 Å². The molecule has 1 aliphatic heterocycles. The van der Waals surface area contributed by atoms with Crippen LogP contribution in [-0.2, 0) is 13.1 Å². The molecular formula is C23H30N4O3. The Balaban J connectivity index is 1.68. The van der Waals surface area contributed by atoms with Crippen molar-refractivity contribution in [3.8, 4) is 0 Å². The maximum absolute atomic E-state index is 12.6. The number of nitro groups is 1. The highest BCUT2D eigenvalue weighted by Gasteiger charge is 2.22. The first kappa shape index (κ1) is 21.8. The third-order valence-electron chi connectivity index (χ3n) is 5.36. The molecule has 0 bridgehead atoms. The summed E-state index contributed by atoms with van der Waals surface area (Å²) in [6, 6.07) is 12.9. The number of benzene rings is 2. The van der Waals surface area contributed by atoms with Gasteiger partial charge in [-0.2, -0.15) is 0 Å². The molecule has 7 heteroatoms. The molecule has 30 heavy (non-hydrogen) atoms. The first-order valence-electron chi connectivity index (χ1n) is 10.5. The van der Waals surface area contributed by atoms with Crippen LogP contribution in [-0.4, -0.2) is 42.9 Å². The molecule has 0 saturated carbocycles. The normalized spacial score (nSPS) is 14.4. The molecule has 7 nitrogen and oxygen atoms in total. The van der Waals surface area contributed by atoms with Crippen molar-refractivity contribution in [3.05, 3.63) is 69.3 Å². The van der Waals surface area contributed by atoms with Gasteiger partial charge in [-0.05, 0) is 50.2 Å². The summed E-state index contributed by atoms with van der Waals surface area (Å²) in [5.41, 5.74) is 3.10. The minimum Gasteiger partial charge on any atom is -0.366 e. The summed E-state index contributed by atoms with van der Waals surface area (Å²) in [6.07, 6.45) is 4.38. The molecule has 1 heterocycles. The zero-order valence-corrected chi connectivity index (χ0v) is 17.8. The van der Waals surface area contributed by atoms with E-state index in [1.165, 1.54) is 11.6 Å². The predicted octanol–water partition coefficient (Wildman–Crippen LogP) is 3.97. The van der Waals surface area contributed by atoms with E-state index in [4.69, 9.17) is 0 Å². The molecule has 1 aliphatic rings. The number of carbonyl (C=O) groups excluding carboxylic acids is 1. The zero-order chi connectivity index (χ0) is 21.5. The topological polar surface area (TPSA) is 78.7 Å². The molecule has 0 radical (unpaired) electrons. The minimum atomic E-state index is -0.388. The molecule has 3 rings (SSSR count). The summed E-state index contributed by atoms with van der Waals surface area (Å²) in [4.78, 5) is 28.0. The molecular weight excluding hydrogens is 380 g/mol. The molecule has 0 unspecified atom stereocenters. The molecule has 0 atom stereocenters. The second-order valence-electron chi connectivity index (χ2n) is 8.10. The van der Waals surface area contributed by atoms with E-state index in [0.29, 0.717) is 17.8 Å². The second kappa shape index (κ2) is 10.2. The lowest BCUT2D eigenvalue weighted by Crippen LogP contribution is -2.26. The Kier molecular flexibility index (Phi) is 7.41. The Hall–Kier alpha value is -2.93. The Bertz CT molecular complexity index is 873. The van der Waals surface area contributed by atoms with Gasteiger partial charge < -0.3 is 15.1 Å². The van der Waals surface area contributed by atoms with Crippen LogP contribution in [0.15, 0.2) is 42.5 Å². The molecule has 2 aromatic rings. The minimum absolute atomic E-state index is 0.00223. The summed E-state index contributed by atoms with van der Waals surface area (Å²) in [7, 11) is 4.04. The van der Waals surface area contributed by atoms with Crippen molar-refractivity contribution in [2.45, 2.75) is 38.8 Å². The van der Waals surface area contributed by atoms with Gasteiger partial charge in [0.15, 0.2) is 0 Å².